The molecule has 10 nitrogen and oxygen atoms in total. The predicted octanol–water partition coefficient (Wildman–Crippen LogP) is 4.66. The topological polar surface area (TPSA) is 112 Å². The molecule has 0 atom stereocenters. The summed E-state index contributed by atoms with van der Waals surface area (Å²) in [5.41, 5.74) is 1.75. The van der Waals surface area contributed by atoms with Crippen LogP contribution >= 0.6 is 0 Å². The Bertz CT molecular complexity index is 1520. The number of fused-ring (bicyclic) bond motifs is 1. The molecule has 0 bridgehead atoms. The van der Waals surface area contributed by atoms with Crippen molar-refractivity contribution < 1.29 is 18.7 Å². The molecule has 0 radical (unpaired) electrons. The number of nitrogens with one attached hydrogen (secondary N) is 1. The van der Waals surface area contributed by atoms with Crippen LogP contribution in [0.5, 0.6) is 0 Å². The van der Waals surface area contributed by atoms with Gasteiger partial charge in [-0.3, -0.25) is 4.79 Å². The van der Waals surface area contributed by atoms with Crippen molar-refractivity contribution in [3.8, 4) is 0 Å². The van der Waals surface area contributed by atoms with Gasteiger partial charge in [-0.2, -0.15) is 0 Å². The van der Waals surface area contributed by atoms with Gasteiger partial charge in [0.15, 0.2) is 5.82 Å². The average molecular weight is 565 g/mol. The molecule has 0 unspecified atom stereocenters. The molecule has 216 valence electrons. The molecule has 3 aromatic heterocycles. The number of carbonyl (C=O) groups is 1. The second-order valence-electron chi connectivity index (χ2n) is 10.6. The standard InChI is InChI=1S/C29H34F2N8O2/c1-18(2)20-14-32-29(33-15-20)38-10-7-21(8-11-38)39-16-23(31)25-26(34-17-35-27(25)39)36-24-6-5-19(13-22(24)30)28(41)37(3)9-4-12-40/h5-6,13-18,21,40H,4,7-12H2,1-3H3,(H,34,35,36). The Hall–Kier alpha value is -4.19. The van der Waals surface area contributed by atoms with Crippen LogP contribution in [-0.2, 0) is 0 Å². The molecule has 0 saturated carbocycles. The van der Waals surface area contributed by atoms with Crippen molar-refractivity contribution in [2.45, 2.75) is 45.1 Å². The summed E-state index contributed by atoms with van der Waals surface area (Å²) in [4.78, 5) is 33.7. The Morgan fingerprint density at radius 1 is 1.12 bits per heavy atom. The van der Waals surface area contributed by atoms with Crippen LogP contribution in [0.15, 0.2) is 43.1 Å². The zero-order valence-electron chi connectivity index (χ0n) is 23.4. The first-order valence-electron chi connectivity index (χ1n) is 13.8. The van der Waals surface area contributed by atoms with Gasteiger partial charge >= 0.3 is 0 Å². The van der Waals surface area contributed by atoms with Crippen molar-refractivity contribution in [2.75, 3.05) is 43.5 Å². The second kappa shape index (κ2) is 12.1. The lowest BCUT2D eigenvalue weighted by Crippen LogP contribution is -2.35. The van der Waals surface area contributed by atoms with Gasteiger partial charge in [-0.05, 0) is 48.9 Å². The van der Waals surface area contributed by atoms with Crippen LogP contribution < -0.4 is 10.2 Å². The van der Waals surface area contributed by atoms with Gasteiger partial charge in [0.1, 0.15) is 23.6 Å². The Balaban J connectivity index is 1.31. The maximum atomic E-state index is 15.3. The maximum Gasteiger partial charge on any atom is 0.253 e. The average Bonchev–Trinajstić information content (AvgIpc) is 3.33. The van der Waals surface area contributed by atoms with Crippen LogP contribution in [0.4, 0.5) is 26.2 Å². The van der Waals surface area contributed by atoms with E-state index < -0.39 is 11.6 Å². The van der Waals surface area contributed by atoms with Crippen LogP contribution in [0.1, 0.15) is 61.0 Å². The molecular weight excluding hydrogens is 530 g/mol. The molecule has 41 heavy (non-hydrogen) atoms. The van der Waals surface area contributed by atoms with Gasteiger partial charge in [-0.1, -0.05) is 13.8 Å². The molecule has 2 N–H and O–H groups in total. The van der Waals surface area contributed by atoms with Crippen LogP contribution in [0, 0.1) is 11.6 Å². The first-order valence-corrected chi connectivity index (χ1v) is 13.8. The van der Waals surface area contributed by atoms with Crippen molar-refractivity contribution in [1.82, 2.24) is 29.4 Å². The normalized spacial score (nSPS) is 14.2. The summed E-state index contributed by atoms with van der Waals surface area (Å²) in [6.07, 6.45) is 8.42. The summed E-state index contributed by atoms with van der Waals surface area (Å²) in [5.74, 6) is -0.341. The van der Waals surface area contributed by atoms with Crippen molar-refractivity contribution in [1.29, 1.82) is 0 Å². The van der Waals surface area contributed by atoms with Gasteiger partial charge in [-0.15, -0.1) is 0 Å². The van der Waals surface area contributed by atoms with Gasteiger partial charge in [0, 0.05) is 63.5 Å². The molecule has 5 rings (SSSR count). The third kappa shape index (κ3) is 5.97. The number of hydrogen-bond donors (Lipinski definition) is 2. The molecule has 4 heterocycles. The SMILES string of the molecule is CC(C)c1cnc(N2CCC(n3cc(F)c4c(Nc5ccc(C(=O)N(C)CCCO)cc5F)ncnc43)CC2)nc1. The molecule has 1 aliphatic heterocycles. The van der Waals surface area contributed by atoms with E-state index in [9.17, 15) is 4.79 Å². The summed E-state index contributed by atoms with van der Waals surface area (Å²) in [7, 11) is 1.59. The molecule has 4 aromatic rings. The lowest BCUT2D eigenvalue weighted by Gasteiger charge is -2.32. The number of anilines is 3. The van der Waals surface area contributed by atoms with E-state index in [4.69, 9.17) is 5.11 Å². The monoisotopic (exact) mass is 564 g/mol. The van der Waals surface area contributed by atoms with Crippen LogP contribution in [0.3, 0.4) is 0 Å². The van der Waals surface area contributed by atoms with E-state index in [0.717, 1.165) is 24.5 Å². The number of rotatable bonds is 9. The quantitative estimate of drug-likeness (QED) is 0.302. The van der Waals surface area contributed by atoms with E-state index in [0.29, 0.717) is 43.6 Å². The lowest BCUT2D eigenvalue weighted by atomic mass is 10.1. The van der Waals surface area contributed by atoms with E-state index in [1.165, 1.54) is 29.6 Å². The van der Waals surface area contributed by atoms with Crippen LogP contribution in [0.2, 0.25) is 0 Å². The fraction of sp³-hybridized carbons (Fsp3) is 0.414. The minimum Gasteiger partial charge on any atom is -0.396 e. The molecule has 1 aliphatic rings. The molecule has 1 amide bonds. The highest BCUT2D eigenvalue weighted by Gasteiger charge is 2.26. The highest BCUT2D eigenvalue weighted by atomic mass is 19.1. The lowest BCUT2D eigenvalue weighted by molar-refractivity contribution is 0.0786. The fourth-order valence-corrected chi connectivity index (χ4v) is 5.06. The Morgan fingerprint density at radius 3 is 2.51 bits per heavy atom. The Labute approximate surface area is 237 Å². The minimum atomic E-state index is -0.672. The number of piperidine rings is 1. The van der Waals surface area contributed by atoms with E-state index >= 15 is 8.78 Å². The number of amides is 1. The Morgan fingerprint density at radius 2 is 1.85 bits per heavy atom. The number of nitrogens with zero attached hydrogens (tertiary/aromatic N) is 7. The van der Waals surface area contributed by atoms with Gasteiger partial charge in [-0.25, -0.2) is 28.7 Å². The van der Waals surface area contributed by atoms with Gasteiger partial charge in [0.05, 0.1) is 11.1 Å². The number of hydrogen-bond acceptors (Lipinski definition) is 8. The molecule has 12 heteroatoms. The predicted molar refractivity (Wildman–Crippen MR) is 152 cm³/mol. The molecule has 1 aromatic carbocycles. The van der Waals surface area contributed by atoms with Gasteiger partial charge < -0.3 is 24.8 Å². The summed E-state index contributed by atoms with van der Waals surface area (Å²) < 4.78 is 32.1. The summed E-state index contributed by atoms with van der Waals surface area (Å²) >= 11 is 0. The number of aromatic nitrogens is 5. The summed E-state index contributed by atoms with van der Waals surface area (Å²) in [6.45, 7) is 5.95. The Kier molecular flexibility index (Phi) is 8.39. The van der Waals surface area contributed by atoms with Crippen molar-refractivity contribution in [3.63, 3.8) is 0 Å². The molecule has 1 saturated heterocycles. The summed E-state index contributed by atoms with van der Waals surface area (Å²) in [6, 6.07) is 4.07. The third-order valence-corrected chi connectivity index (χ3v) is 7.50. The number of halogens is 2. The van der Waals surface area contributed by atoms with Crippen LogP contribution in [0.25, 0.3) is 11.0 Å². The zero-order valence-corrected chi connectivity index (χ0v) is 23.4. The van der Waals surface area contributed by atoms with Crippen molar-refractivity contribution in [3.05, 3.63) is 65.9 Å². The zero-order chi connectivity index (χ0) is 29.1. The number of aliphatic hydroxyl groups is 1. The van der Waals surface area contributed by atoms with Gasteiger partial charge in [0.2, 0.25) is 5.95 Å². The van der Waals surface area contributed by atoms with Crippen LogP contribution in [-0.4, -0.2) is 73.7 Å². The maximum absolute atomic E-state index is 15.3. The second-order valence-corrected chi connectivity index (χ2v) is 10.6. The van der Waals surface area contributed by atoms with E-state index in [1.54, 1.807) is 7.05 Å². The first kappa shape index (κ1) is 28.3. The number of aliphatic hydroxyl groups excluding tert-OH is 1. The van der Waals surface area contributed by atoms with Crippen molar-refractivity contribution in [2.24, 2.45) is 0 Å². The number of benzene rings is 1. The first-order chi connectivity index (χ1) is 19.8. The highest BCUT2D eigenvalue weighted by Crippen LogP contribution is 2.33. The van der Waals surface area contributed by atoms with E-state index in [2.05, 4.69) is 44.0 Å². The molecular formula is C29H34F2N8O2. The largest absolute Gasteiger partial charge is 0.396 e. The molecule has 0 aliphatic carbocycles. The highest BCUT2D eigenvalue weighted by molar-refractivity contribution is 5.95. The van der Waals surface area contributed by atoms with Gasteiger partial charge in [0.25, 0.3) is 5.91 Å². The third-order valence-electron chi connectivity index (χ3n) is 7.50. The molecule has 0 spiro atoms. The minimum absolute atomic E-state index is 0.0146. The van der Waals surface area contributed by atoms with E-state index in [1.807, 2.05) is 17.0 Å². The van der Waals surface area contributed by atoms with E-state index in [-0.39, 0.29) is 41.0 Å². The summed E-state index contributed by atoms with van der Waals surface area (Å²) in [5, 5.41) is 12.0. The smallest absolute Gasteiger partial charge is 0.253 e. The fourth-order valence-electron chi connectivity index (χ4n) is 5.06. The van der Waals surface area contributed by atoms with Crippen molar-refractivity contribution >= 4 is 34.4 Å². The molecule has 1 fully saturated rings. The number of carbonyl (C=O) groups excluding carboxylic acids is 1.